The lowest BCUT2D eigenvalue weighted by molar-refractivity contribution is -0.126. The molecule has 3 rings (SSSR count). The number of benzene rings is 1. The second-order valence-electron chi connectivity index (χ2n) is 5.35. The van der Waals surface area contributed by atoms with Crippen LogP contribution in [0.15, 0.2) is 40.6 Å². The molecule has 2 amide bonds. The third kappa shape index (κ3) is 4.09. The number of nitrogens with one attached hydrogen (secondary N) is 1. The summed E-state index contributed by atoms with van der Waals surface area (Å²) in [5.74, 6) is -0.733. The summed E-state index contributed by atoms with van der Waals surface area (Å²) in [5, 5.41) is 14.3. The molecule has 5 nitrogen and oxygen atoms in total. The Morgan fingerprint density at radius 3 is 2.92 bits per heavy atom. The van der Waals surface area contributed by atoms with Gasteiger partial charge in [0, 0.05) is 4.88 Å². The number of aryl methyl sites for hydroxylation is 1. The minimum absolute atomic E-state index is 0.0260. The number of rotatable bonds is 4. The molecule has 0 spiro atoms. The normalized spacial score (nSPS) is 15.9. The molecule has 2 aromatic rings. The van der Waals surface area contributed by atoms with Crippen LogP contribution < -0.4 is 5.32 Å². The maximum atomic E-state index is 12.5. The highest BCUT2D eigenvalue weighted by molar-refractivity contribution is 8.26. The number of aromatic hydroxyl groups is 1. The first-order valence-electron chi connectivity index (χ1n) is 7.32. The van der Waals surface area contributed by atoms with Crippen LogP contribution in [0.1, 0.15) is 10.4 Å². The van der Waals surface area contributed by atoms with E-state index in [1.54, 1.807) is 18.2 Å². The minimum Gasteiger partial charge on any atom is -0.506 e. The predicted molar refractivity (Wildman–Crippen MR) is 106 cm³/mol. The van der Waals surface area contributed by atoms with Gasteiger partial charge in [0.1, 0.15) is 16.6 Å². The van der Waals surface area contributed by atoms with Crippen molar-refractivity contribution in [3.63, 3.8) is 0 Å². The van der Waals surface area contributed by atoms with Gasteiger partial charge >= 0.3 is 0 Å². The number of phenols is 1. The minimum atomic E-state index is -0.422. The molecule has 1 fully saturated rings. The van der Waals surface area contributed by atoms with E-state index in [4.69, 9.17) is 12.2 Å². The van der Waals surface area contributed by atoms with Crippen LogP contribution in [-0.2, 0) is 9.59 Å². The van der Waals surface area contributed by atoms with Crippen LogP contribution in [-0.4, -0.2) is 32.7 Å². The number of thiophene rings is 1. The Bertz CT molecular complexity index is 875. The fourth-order valence-electron chi connectivity index (χ4n) is 2.22. The van der Waals surface area contributed by atoms with Crippen molar-refractivity contribution in [1.82, 2.24) is 4.90 Å². The number of thioether (sulfide) groups is 1. The van der Waals surface area contributed by atoms with Gasteiger partial charge in [-0.25, -0.2) is 0 Å². The number of thiocarbonyl (C=S) groups is 1. The van der Waals surface area contributed by atoms with Crippen LogP contribution in [0.5, 0.6) is 5.75 Å². The zero-order valence-corrected chi connectivity index (χ0v) is 15.6. The number of carbonyl (C=O) groups is 2. The maximum Gasteiger partial charge on any atom is 0.266 e. The summed E-state index contributed by atoms with van der Waals surface area (Å²) in [6.07, 6.45) is 1.77. The van der Waals surface area contributed by atoms with Gasteiger partial charge in [-0.1, -0.05) is 36.1 Å². The van der Waals surface area contributed by atoms with Gasteiger partial charge in [-0.15, -0.1) is 11.3 Å². The molecule has 128 valence electrons. The smallest absolute Gasteiger partial charge is 0.266 e. The van der Waals surface area contributed by atoms with E-state index in [0.717, 1.165) is 10.4 Å². The van der Waals surface area contributed by atoms with Crippen molar-refractivity contribution >= 4 is 63.2 Å². The first-order chi connectivity index (χ1) is 11.9. The lowest BCUT2D eigenvalue weighted by Gasteiger charge is -2.15. The molecule has 8 heteroatoms. The highest BCUT2D eigenvalue weighted by atomic mass is 32.2. The SMILES string of the molecule is Cc1ccc(O)c(NC(=O)CN2C(=O)/C(=C/c3cccs3)SC2=S)c1. The Hall–Kier alpha value is -2.16. The van der Waals surface area contributed by atoms with E-state index >= 15 is 0 Å². The van der Waals surface area contributed by atoms with Gasteiger partial charge in [-0.05, 0) is 42.1 Å². The molecular formula is C17H14N2O3S3. The Balaban J connectivity index is 1.70. The summed E-state index contributed by atoms with van der Waals surface area (Å²) in [7, 11) is 0. The number of anilines is 1. The van der Waals surface area contributed by atoms with Gasteiger partial charge in [0.25, 0.3) is 5.91 Å². The molecule has 1 aliphatic rings. The van der Waals surface area contributed by atoms with Gasteiger partial charge in [-0.2, -0.15) is 0 Å². The molecule has 1 aliphatic heterocycles. The van der Waals surface area contributed by atoms with Crippen LogP contribution in [0.4, 0.5) is 5.69 Å². The van der Waals surface area contributed by atoms with Crippen molar-refractivity contribution in [3.05, 3.63) is 51.1 Å². The van der Waals surface area contributed by atoms with E-state index < -0.39 is 5.91 Å². The van der Waals surface area contributed by atoms with E-state index in [-0.39, 0.29) is 18.2 Å². The largest absolute Gasteiger partial charge is 0.506 e. The average molecular weight is 391 g/mol. The molecule has 2 N–H and O–H groups in total. The van der Waals surface area contributed by atoms with Crippen molar-refractivity contribution in [2.24, 2.45) is 0 Å². The van der Waals surface area contributed by atoms with E-state index in [9.17, 15) is 14.7 Å². The third-order valence-electron chi connectivity index (χ3n) is 3.42. The Labute approximate surface area is 158 Å². The van der Waals surface area contributed by atoms with Crippen molar-refractivity contribution in [1.29, 1.82) is 0 Å². The van der Waals surface area contributed by atoms with Crippen molar-refractivity contribution in [2.75, 3.05) is 11.9 Å². The molecule has 0 aliphatic carbocycles. The van der Waals surface area contributed by atoms with E-state index in [2.05, 4.69) is 5.32 Å². The lowest BCUT2D eigenvalue weighted by atomic mass is 10.2. The predicted octanol–water partition coefficient (Wildman–Crippen LogP) is 3.60. The van der Waals surface area contributed by atoms with Crippen LogP contribution >= 0.6 is 35.3 Å². The van der Waals surface area contributed by atoms with Gasteiger partial charge < -0.3 is 10.4 Å². The highest BCUT2D eigenvalue weighted by Crippen LogP contribution is 2.33. The molecule has 25 heavy (non-hydrogen) atoms. The molecule has 0 bridgehead atoms. The van der Waals surface area contributed by atoms with Crippen LogP contribution in [0.2, 0.25) is 0 Å². The molecule has 0 saturated carbocycles. The second-order valence-corrected chi connectivity index (χ2v) is 8.01. The highest BCUT2D eigenvalue weighted by Gasteiger charge is 2.33. The monoisotopic (exact) mass is 390 g/mol. The summed E-state index contributed by atoms with van der Waals surface area (Å²) in [4.78, 5) is 27.4. The quantitative estimate of drug-likeness (QED) is 0.474. The van der Waals surface area contributed by atoms with Gasteiger partial charge in [0.05, 0.1) is 10.6 Å². The van der Waals surface area contributed by atoms with Crippen molar-refractivity contribution in [2.45, 2.75) is 6.92 Å². The molecular weight excluding hydrogens is 376 g/mol. The van der Waals surface area contributed by atoms with Gasteiger partial charge in [0.2, 0.25) is 5.91 Å². The van der Waals surface area contributed by atoms with Crippen LogP contribution in [0, 0.1) is 6.92 Å². The van der Waals surface area contributed by atoms with Crippen molar-refractivity contribution < 1.29 is 14.7 Å². The maximum absolute atomic E-state index is 12.5. The molecule has 1 aromatic heterocycles. The van der Waals surface area contributed by atoms with Gasteiger partial charge in [-0.3, -0.25) is 14.5 Å². The van der Waals surface area contributed by atoms with Crippen molar-refractivity contribution in [3.8, 4) is 5.75 Å². The number of nitrogens with zero attached hydrogens (tertiary/aromatic N) is 1. The topological polar surface area (TPSA) is 69.6 Å². The number of hydrogen-bond acceptors (Lipinski definition) is 6. The van der Waals surface area contributed by atoms with E-state index in [1.807, 2.05) is 24.4 Å². The van der Waals surface area contributed by atoms with Crippen LogP contribution in [0.25, 0.3) is 6.08 Å². The number of phenolic OH excluding ortho intramolecular Hbond substituents is 1. The summed E-state index contributed by atoms with van der Waals surface area (Å²) in [5.41, 5.74) is 1.21. The first-order valence-corrected chi connectivity index (χ1v) is 9.43. The summed E-state index contributed by atoms with van der Waals surface area (Å²) in [6.45, 7) is 1.66. The standard InChI is InChI=1S/C17H14N2O3S3/c1-10-4-5-13(20)12(7-10)18-15(21)9-19-16(22)14(25-17(19)23)8-11-3-2-6-24-11/h2-8,20H,9H2,1H3,(H,18,21)/b14-8-. The summed E-state index contributed by atoms with van der Waals surface area (Å²) < 4.78 is 0.344. The Kier molecular flexibility index (Phi) is 5.22. The van der Waals surface area contributed by atoms with E-state index in [1.165, 1.54) is 34.1 Å². The zero-order chi connectivity index (χ0) is 18.0. The first kappa shape index (κ1) is 17.7. The Morgan fingerprint density at radius 1 is 1.40 bits per heavy atom. The second kappa shape index (κ2) is 7.38. The molecule has 0 atom stereocenters. The van der Waals surface area contributed by atoms with Gasteiger partial charge in [0.15, 0.2) is 0 Å². The lowest BCUT2D eigenvalue weighted by Crippen LogP contribution is -2.36. The summed E-state index contributed by atoms with van der Waals surface area (Å²) in [6, 6.07) is 8.72. The molecule has 1 saturated heterocycles. The Morgan fingerprint density at radius 2 is 2.20 bits per heavy atom. The van der Waals surface area contributed by atoms with Crippen LogP contribution in [0.3, 0.4) is 0 Å². The third-order valence-corrected chi connectivity index (χ3v) is 5.62. The molecule has 0 unspecified atom stereocenters. The number of amides is 2. The fraction of sp³-hybridized carbons (Fsp3) is 0.118. The molecule has 1 aromatic carbocycles. The zero-order valence-electron chi connectivity index (χ0n) is 13.2. The number of hydrogen-bond donors (Lipinski definition) is 2. The van der Waals surface area contributed by atoms with E-state index in [0.29, 0.717) is 14.9 Å². The molecule has 2 heterocycles. The fourth-order valence-corrected chi connectivity index (χ4v) is 4.20. The average Bonchev–Trinajstić information content (AvgIpc) is 3.15. The summed E-state index contributed by atoms with van der Waals surface area (Å²) >= 11 is 7.92. The molecule has 0 radical (unpaired) electrons. The number of carbonyl (C=O) groups excluding carboxylic acids is 2.